The van der Waals surface area contributed by atoms with Crippen LogP contribution in [0, 0.1) is 13.8 Å². The summed E-state index contributed by atoms with van der Waals surface area (Å²) in [5.41, 5.74) is 4.82. The third-order valence-corrected chi connectivity index (χ3v) is 4.46. The highest BCUT2D eigenvalue weighted by Gasteiger charge is 2.25. The molecule has 0 aliphatic carbocycles. The summed E-state index contributed by atoms with van der Waals surface area (Å²) in [5, 5.41) is 4.67. The highest BCUT2D eigenvalue weighted by Crippen LogP contribution is 2.33. The number of nitrogens with zero attached hydrogens (tertiary/aromatic N) is 3. The molecule has 0 amide bonds. The molecule has 0 radical (unpaired) electrons. The molecule has 0 fully saturated rings. The van der Waals surface area contributed by atoms with Crippen LogP contribution in [0.5, 0.6) is 5.88 Å². The number of aromatic nitrogens is 3. The van der Waals surface area contributed by atoms with Gasteiger partial charge in [-0.2, -0.15) is 5.10 Å². The van der Waals surface area contributed by atoms with Gasteiger partial charge in [-0.15, -0.1) is 0 Å². The molecule has 3 rings (SSSR count). The Kier molecular flexibility index (Phi) is 5.16. The quantitative estimate of drug-likeness (QED) is 0.653. The number of aryl methyl sites for hydroxylation is 2. The zero-order valence-corrected chi connectivity index (χ0v) is 15.6. The van der Waals surface area contributed by atoms with Gasteiger partial charge in [-0.05, 0) is 43.5 Å². The van der Waals surface area contributed by atoms with Crippen molar-refractivity contribution >= 4 is 5.97 Å². The zero-order valence-electron chi connectivity index (χ0n) is 15.6. The summed E-state index contributed by atoms with van der Waals surface area (Å²) in [6, 6.07) is 13.9. The van der Waals surface area contributed by atoms with Crippen LogP contribution in [-0.4, -0.2) is 20.7 Å². The van der Waals surface area contributed by atoms with Crippen molar-refractivity contribution < 1.29 is 9.53 Å². The molecule has 26 heavy (non-hydrogen) atoms. The molecule has 1 atom stereocenters. The summed E-state index contributed by atoms with van der Waals surface area (Å²) in [6.07, 6.45) is 2.71. The minimum absolute atomic E-state index is 0.274. The predicted octanol–water partition coefficient (Wildman–Crippen LogP) is 4.02. The smallest absolute Gasteiger partial charge is 0.309 e. The van der Waals surface area contributed by atoms with E-state index in [0.717, 1.165) is 28.9 Å². The summed E-state index contributed by atoms with van der Waals surface area (Å²) in [7, 11) is 0. The Hall–Kier alpha value is -2.95. The third kappa shape index (κ3) is 3.52. The minimum Gasteiger partial charge on any atom is -0.408 e. The number of rotatable bonds is 5. The van der Waals surface area contributed by atoms with Gasteiger partial charge in [-0.1, -0.05) is 37.3 Å². The highest BCUT2D eigenvalue weighted by atomic mass is 16.5. The SMILES string of the molecule is CCc1cccc(C(c2ccccn2)n2nc(C)c(C)c2OC(C)=O)c1. The molecule has 2 heterocycles. The van der Waals surface area contributed by atoms with Gasteiger partial charge in [0, 0.05) is 18.7 Å². The average Bonchev–Trinajstić information content (AvgIpc) is 2.91. The van der Waals surface area contributed by atoms with Crippen LogP contribution in [0.2, 0.25) is 0 Å². The van der Waals surface area contributed by atoms with E-state index >= 15 is 0 Å². The summed E-state index contributed by atoms with van der Waals surface area (Å²) in [4.78, 5) is 16.2. The van der Waals surface area contributed by atoms with Crippen molar-refractivity contribution in [1.82, 2.24) is 14.8 Å². The Morgan fingerprint density at radius 1 is 1.19 bits per heavy atom. The van der Waals surface area contributed by atoms with Crippen LogP contribution in [0.1, 0.15) is 48.0 Å². The van der Waals surface area contributed by atoms with Crippen LogP contribution in [0.25, 0.3) is 0 Å². The average molecular weight is 349 g/mol. The van der Waals surface area contributed by atoms with E-state index in [4.69, 9.17) is 4.74 Å². The third-order valence-electron chi connectivity index (χ3n) is 4.46. The van der Waals surface area contributed by atoms with Gasteiger partial charge < -0.3 is 4.74 Å². The maximum atomic E-state index is 11.6. The number of ether oxygens (including phenoxy) is 1. The van der Waals surface area contributed by atoms with Crippen LogP contribution in [-0.2, 0) is 11.2 Å². The van der Waals surface area contributed by atoms with Gasteiger partial charge in [0.05, 0.1) is 11.4 Å². The van der Waals surface area contributed by atoms with Crippen molar-refractivity contribution in [3.05, 3.63) is 76.7 Å². The fourth-order valence-electron chi connectivity index (χ4n) is 3.00. The van der Waals surface area contributed by atoms with Crippen LogP contribution in [0.3, 0.4) is 0 Å². The molecule has 3 aromatic rings. The summed E-state index contributed by atoms with van der Waals surface area (Å²) < 4.78 is 7.28. The molecular formula is C21H23N3O2. The largest absolute Gasteiger partial charge is 0.408 e. The Morgan fingerprint density at radius 2 is 2.00 bits per heavy atom. The van der Waals surface area contributed by atoms with Crippen molar-refractivity contribution in [2.45, 2.75) is 40.2 Å². The molecule has 134 valence electrons. The van der Waals surface area contributed by atoms with E-state index in [0.29, 0.717) is 5.88 Å². The molecule has 0 N–H and O–H groups in total. The zero-order chi connectivity index (χ0) is 18.7. The summed E-state index contributed by atoms with van der Waals surface area (Å²) in [5.74, 6) is 0.101. The van der Waals surface area contributed by atoms with Gasteiger partial charge in [0.1, 0.15) is 6.04 Å². The number of benzene rings is 1. The lowest BCUT2D eigenvalue weighted by molar-refractivity contribution is -0.132. The van der Waals surface area contributed by atoms with Crippen LogP contribution in [0.4, 0.5) is 0 Å². The number of carbonyl (C=O) groups excluding carboxylic acids is 1. The maximum absolute atomic E-state index is 11.6. The molecular weight excluding hydrogens is 326 g/mol. The standard InChI is InChI=1S/C21H23N3O2/c1-5-17-9-8-10-18(13-17)20(19-11-6-7-12-22-19)24-21(26-16(4)25)14(2)15(3)23-24/h6-13,20H,5H2,1-4H3. The first-order valence-electron chi connectivity index (χ1n) is 8.75. The van der Waals surface area contributed by atoms with Gasteiger partial charge in [-0.3, -0.25) is 9.78 Å². The monoisotopic (exact) mass is 349 g/mol. The lowest BCUT2D eigenvalue weighted by Crippen LogP contribution is -2.18. The van der Waals surface area contributed by atoms with Crippen LogP contribution < -0.4 is 4.74 Å². The van der Waals surface area contributed by atoms with Crippen molar-refractivity contribution in [3.63, 3.8) is 0 Å². The Labute approximate surface area is 153 Å². The van der Waals surface area contributed by atoms with E-state index in [-0.39, 0.29) is 12.0 Å². The number of carbonyl (C=O) groups is 1. The first-order valence-corrected chi connectivity index (χ1v) is 8.75. The maximum Gasteiger partial charge on any atom is 0.309 e. The minimum atomic E-state index is -0.365. The molecule has 0 aliphatic heterocycles. The second kappa shape index (κ2) is 7.52. The van der Waals surface area contributed by atoms with Crippen molar-refractivity contribution in [1.29, 1.82) is 0 Å². The fourth-order valence-corrected chi connectivity index (χ4v) is 3.00. The first-order chi connectivity index (χ1) is 12.5. The van der Waals surface area contributed by atoms with Gasteiger partial charge in [0.15, 0.2) is 0 Å². The molecule has 0 saturated carbocycles. The number of hydrogen-bond acceptors (Lipinski definition) is 4. The van der Waals surface area contributed by atoms with Crippen molar-refractivity contribution in [2.24, 2.45) is 0 Å². The first kappa shape index (κ1) is 17.9. The molecule has 0 aliphatic rings. The van der Waals surface area contributed by atoms with Gasteiger partial charge >= 0.3 is 5.97 Å². The van der Waals surface area contributed by atoms with E-state index < -0.39 is 0 Å². The Morgan fingerprint density at radius 3 is 2.65 bits per heavy atom. The number of pyridine rings is 1. The van der Waals surface area contributed by atoms with Gasteiger partial charge in [0.25, 0.3) is 0 Å². The molecule has 5 nitrogen and oxygen atoms in total. The molecule has 0 saturated heterocycles. The van der Waals surface area contributed by atoms with E-state index in [1.54, 1.807) is 10.9 Å². The summed E-state index contributed by atoms with van der Waals surface area (Å²) >= 11 is 0. The second-order valence-electron chi connectivity index (χ2n) is 6.31. The van der Waals surface area contributed by atoms with Crippen molar-refractivity contribution in [2.75, 3.05) is 0 Å². The normalized spacial score (nSPS) is 12.0. The van der Waals surface area contributed by atoms with E-state index in [9.17, 15) is 4.79 Å². The molecule has 5 heteroatoms. The molecule has 1 aromatic carbocycles. The molecule has 1 unspecified atom stereocenters. The Bertz CT molecular complexity index is 916. The molecule has 2 aromatic heterocycles. The van der Waals surface area contributed by atoms with E-state index in [1.165, 1.54) is 12.5 Å². The topological polar surface area (TPSA) is 57.0 Å². The number of esters is 1. The van der Waals surface area contributed by atoms with Gasteiger partial charge in [-0.25, -0.2) is 4.68 Å². The summed E-state index contributed by atoms with van der Waals surface area (Å²) in [6.45, 7) is 7.35. The number of hydrogen-bond donors (Lipinski definition) is 0. The lowest BCUT2D eigenvalue weighted by Gasteiger charge is -2.20. The van der Waals surface area contributed by atoms with Crippen LogP contribution >= 0.6 is 0 Å². The van der Waals surface area contributed by atoms with E-state index in [1.807, 2.05) is 38.1 Å². The van der Waals surface area contributed by atoms with E-state index in [2.05, 4.69) is 35.2 Å². The molecule has 0 bridgehead atoms. The Balaban J connectivity index is 2.22. The predicted molar refractivity (Wildman–Crippen MR) is 100 cm³/mol. The second-order valence-corrected chi connectivity index (χ2v) is 6.31. The van der Waals surface area contributed by atoms with Crippen molar-refractivity contribution in [3.8, 4) is 5.88 Å². The van der Waals surface area contributed by atoms with Gasteiger partial charge in [0.2, 0.25) is 5.88 Å². The molecule has 0 spiro atoms. The van der Waals surface area contributed by atoms with Crippen LogP contribution in [0.15, 0.2) is 48.7 Å². The lowest BCUT2D eigenvalue weighted by atomic mass is 10.00. The fraction of sp³-hybridized carbons (Fsp3) is 0.286. The highest BCUT2D eigenvalue weighted by molar-refractivity contribution is 5.69.